The number of carbonyl (C=O) groups is 1. The van der Waals surface area contributed by atoms with Crippen LogP contribution >= 0.6 is 0 Å². The average Bonchev–Trinajstić information content (AvgIpc) is 3.05. The van der Waals surface area contributed by atoms with Gasteiger partial charge in [-0.15, -0.1) is 0 Å². The molecule has 0 saturated carbocycles. The van der Waals surface area contributed by atoms with Gasteiger partial charge in [-0.25, -0.2) is 0 Å². The van der Waals surface area contributed by atoms with E-state index in [0.29, 0.717) is 37.3 Å². The second-order valence-electron chi connectivity index (χ2n) is 14.6. The summed E-state index contributed by atoms with van der Waals surface area (Å²) in [6.45, 7) is 13.4. The van der Waals surface area contributed by atoms with Crippen molar-refractivity contribution in [2.45, 2.75) is 201 Å². The molecular weight excluding hydrogens is 568 g/mol. The van der Waals surface area contributed by atoms with Crippen molar-refractivity contribution in [1.29, 1.82) is 0 Å². The molecule has 2 unspecified atom stereocenters. The molecule has 0 radical (unpaired) electrons. The molecule has 0 bridgehead atoms. The van der Waals surface area contributed by atoms with Crippen molar-refractivity contribution in [3.8, 4) is 0 Å². The molecule has 0 aromatic carbocycles. The van der Waals surface area contributed by atoms with Gasteiger partial charge in [0.2, 0.25) is 5.91 Å². The zero-order valence-corrected chi connectivity index (χ0v) is 31.9. The molecule has 0 fully saturated rings. The lowest BCUT2D eigenvalue weighted by atomic mass is 9.91. The predicted molar refractivity (Wildman–Crippen MR) is 202 cm³/mol. The molecule has 46 heavy (non-hydrogen) atoms. The average molecular weight is 653 g/mol. The Bertz CT molecular complexity index is 577. The van der Waals surface area contributed by atoms with Crippen LogP contribution in [0, 0.1) is 11.8 Å². The summed E-state index contributed by atoms with van der Waals surface area (Å²) in [5.74, 6) is 1.64. The molecule has 0 aromatic heterocycles. The van der Waals surface area contributed by atoms with Gasteiger partial charge in [0.25, 0.3) is 0 Å². The van der Waals surface area contributed by atoms with Crippen LogP contribution in [0.2, 0.25) is 0 Å². The first-order valence-electron chi connectivity index (χ1n) is 20.8. The molecule has 276 valence electrons. The highest BCUT2D eigenvalue weighted by atomic mass is 16.3. The summed E-state index contributed by atoms with van der Waals surface area (Å²) in [5, 5.41) is 18.8. The normalized spacial score (nSPS) is 13.0. The Labute approximate surface area is 289 Å². The van der Waals surface area contributed by atoms with E-state index in [2.05, 4.69) is 37.5 Å². The highest BCUT2D eigenvalue weighted by Crippen LogP contribution is 2.25. The summed E-state index contributed by atoms with van der Waals surface area (Å²) >= 11 is 0. The monoisotopic (exact) mass is 653 g/mol. The summed E-state index contributed by atoms with van der Waals surface area (Å²) in [5.41, 5.74) is 0. The maximum absolute atomic E-state index is 14.0. The minimum atomic E-state index is 0.114. The molecule has 0 heterocycles. The SMILES string of the molecule is CCCCCCCCC(CCCCCC)CN(CC(CCCCCC)CCCCCCCC)C(=O)CCCCN(CCO)CCO. The van der Waals surface area contributed by atoms with Crippen LogP contribution in [0.4, 0.5) is 0 Å². The van der Waals surface area contributed by atoms with Crippen molar-refractivity contribution in [2.24, 2.45) is 11.8 Å². The molecule has 0 aliphatic heterocycles. The Kier molecular flexibility index (Phi) is 35.1. The number of rotatable bonds is 37. The van der Waals surface area contributed by atoms with Crippen molar-refractivity contribution in [3.63, 3.8) is 0 Å². The fourth-order valence-corrected chi connectivity index (χ4v) is 7.09. The Morgan fingerprint density at radius 2 is 0.804 bits per heavy atom. The third-order valence-corrected chi connectivity index (χ3v) is 10.1. The van der Waals surface area contributed by atoms with E-state index >= 15 is 0 Å². The third kappa shape index (κ3) is 28.4. The molecule has 5 heteroatoms. The van der Waals surface area contributed by atoms with E-state index in [0.717, 1.165) is 32.5 Å². The van der Waals surface area contributed by atoms with Crippen LogP contribution in [0.5, 0.6) is 0 Å². The first kappa shape index (κ1) is 45.3. The second kappa shape index (κ2) is 35.7. The molecule has 0 rings (SSSR count). The van der Waals surface area contributed by atoms with Crippen LogP contribution in [0.15, 0.2) is 0 Å². The molecule has 2 N–H and O–H groups in total. The zero-order valence-electron chi connectivity index (χ0n) is 31.9. The summed E-state index contributed by atoms with van der Waals surface area (Å²) < 4.78 is 0. The number of aliphatic hydroxyl groups is 2. The number of hydrogen-bond acceptors (Lipinski definition) is 4. The van der Waals surface area contributed by atoms with Gasteiger partial charge in [0.1, 0.15) is 0 Å². The Morgan fingerprint density at radius 1 is 0.457 bits per heavy atom. The van der Waals surface area contributed by atoms with Crippen molar-refractivity contribution < 1.29 is 15.0 Å². The second-order valence-corrected chi connectivity index (χ2v) is 14.6. The van der Waals surface area contributed by atoms with Gasteiger partial charge in [-0.05, 0) is 56.9 Å². The third-order valence-electron chi connectivity index (χ3n) is 10.1. The summed E-state index contributed by atoms with van der Waals surface area (Å²) in [6, 6.07) is 0. The molecule has 0 aliphatic carbocycles. The first-order valence-corrected chi connectivity index (χ1v) is 20.8. The smallest absolute Gasteiger partial charge is 0.222 e. The molecule has 0 aliphatic rings. The molecule has 5 nitrogen and oxygen atoms in total. The van der Waals surface area contributed by atoms with Crippen LogP contribution in [0.3, 0.4) is 0 Å². The number of hydrogen-bond donors (Lipinski definition) is 2. The van der Waals surface area contributed by atoms with E-state index in [-0.39, 0.29) is 13.2 Å². The minimum absolute atomic E-state index is 0.114. The quantitative estimate of drug-likeness (QED) is 0.0656. The maximum Gasteiger partial charge on any atom is 0.222 e. The number of carbonyl (C=O) groups excluding carboxylic acids is 1. The Hall–Kier alpha value is -0.650. The van der Waals surface area contributed by atoms with Gasteiger partial charge in [-0.2, -0.15) is 0 Å². The maximum atomic E-state index is 14.0. The lowest BCUT2D eigenvalue weighted by Gasteiger charge is -2.32. The Balaban J connectivity index is 5.55. The fourth-order valence-electron chi connectivity index (χ4n) is 7.09. The van der Waals surface area contributed by atoms with Crippen molar-refractivity contribution in [1.82, 2.24) is 9.80 Å². The van der Waals surface area contributed by atoms with Gasteiger partial charge in [0.15, 0.2) is 0 Å². The largest absolute Gasteiger partial charge is 0.395 e. The van der Waals surface area contributed by atoms with E-state index in [1.54, 1.807) is 0 Å². The van der Waals surface area contributed by atoms with Crippen molar-refractivity contribution in [3.05, 3.63) is 0 Å². The molecule has 0 spiro atoms. The van der Waals surface area contributed by atoms with E-state index in [4.69, 9.17) is 0 Å². The van der Waals surface area contributed by atoms with Crippen LogP contribution in [0.1, 0.15) is 201 Å². The Morgan fingerprint density at radius 3 is 1.17 bits per heavy atom. The molecular formula is C41H84N2O3. The van der Waals surface area contributed by atoms with Gasteiger partial charge in [-0.3, -0.25) is 9.69 Å². The standard InChI is InChI=1S/C41H84N2O3/c1-5-9-13-17-19-23-29-39(27-21-15-11-7-3)37-43(41(46)31-25-26-32-42(33-35-44)34-36-45)38-40(28-22-16-12-8-4)30-24-20-18-14-10-6-2/h39-40,44-45H,5-38H2,1-4H3. The van der Waals surface area contributed by atoms with Crippen LogP contribution in [0.25, 0.3) is 0 Å². The lowest BCUT2D eigenvalue weighted by Crippen LogP contribution is -2.39. The van der Waals surface area contributed by atoms with Crippen LogP contribution < -0.4 is 0 Å². The summed E-state index contributed by atoms with van der Waals surface area (Å²) in [4.78, 5) is 18.5. The zero-order chi connectivity index (χ0) is 33.9. The number of aliphatic hydroxyl groups excluding tert-OH is 2. The van der Waals surface area contributed by atoms with Crippen LogP contribution in [-0.4, -0.2) is 71.9 Å². The van der Waals surface area contributed by atoms with Crippen molar-refractivity contribution in [2.75, 3.05) is 45.9 Å². The van der Waals surface area contributed by atoms with Gasteiger partial charge in [0, 0.05) is 32.6 Å². The van der Waals surface area contributed by atoms with Crippen molar-refractivity contribution >= 4 is 5.91 Å². The van der Waals surface area contributed by atoms with E-state index < -0.39 is 0 Å². The van der Waals surface area contributed by atoms with E-state index in [9.17, 15) is 15.0 Å². The lowest BCUT2D eigenvalue weighted by molar-refractivity contribution is -0.132. The predicted octanol–water partition coefficient (Wildman–Crippen LogP) is 10.9. The summed E-state index contributed by atoms with van der Waals surface area (Å²) in [6.07, 6.45) is 34.1. The number of unbranched alkanes of at least 4 members (excludes halogenated alkanes) is 17. The van der Waals surface area contributed by atoms with Gasteiger partial charge in [-0.1, -0.05) is 156 Å². The number of nitrogens with zero attached hydrogens (tertiary/aromatic N) is 2. The molecule has 0 saturated heterocycles. The first-order chi connectivity index (χ1) is 22.6. The fraction of sp³-hybridized carbons (Fsp3) is 0.976. The van der Waals surface area contributed by atoms with Gasteiger partial charge in [0.05, 0.1) is 13.2 Å². The minimum Gasteiger partial charge on any atom is -0.395 e. The van der Waals surface area contributed by atoms with Crippen LogP contribution in [-0.2, 0) is 4.79 Å². The topological polar surface area (TPSA) is 64.0 Å². The van der Waals surface area contributed by atoms with Gasteiger partial charge >= 0.3 is 0 Å². The highest BCUT2D eigenvalue weighted by Gasteiger charge is 2.22. The van der Waals surface area contributed by atoms with Gasteiger partial charge < -0.3 is 15.1 Å². The molecule has 2 atom stereocenters. The molecule has 0 aromatic rings. The summed E-state index contributed by atoms with van der Waals surface area (Å²) in [7, 11) is 0. The van der Waals surface area contributed by atoms with E-state index in [1.807, 2.05) is 0 Å². The van der Waals surface area contributed by atoms with E-state index in [1.165, 1.54) is 154 Å². The molecule has 1 amide bonds. The number of amides is 1. The highest BCUT2D eigenvalue weighted by molar-refractivity contribution is 5.76.